The van der Waals surface area contributed by atoms with Crippen LogP contribution >= 0.6 is 0 Å². The average molecular weight is 194 g/mol. The van der Waals surface area contributed by atoms with Crippen molar-refractivity contribution in [2.45, 2.75) is 31.8 Å². The Kier molecular flexibility index (Phi) is 4.44. The first-order valence-electron chi connectivity index (χ1n) is 3.66. The van der Waals surface area contributed by atoms with Crippen molar-refractivity contribution >= 4 is 10.1 Å². The lowest BCUT2D eigenvalue weighted by atomic mass is 10.4. The molecule has 5 heteroatoms. The molecule has 0 aliphatic rings. The van der Waals surface area contributed by atoms with Gasteiger partial charge in [0.1, 0.15) is 0 Å². The fraction of sp³-hybridized carbons (Fsp3) is 0.714. The standard InChI is InChI=1S/C7H14O4S/c1-4-6(3)11-12(9,10)7(8)5-2/h4,6-8H,1,5H2,2-3H3. The summed E-state index contributed by atoms with van der Waals surface area (Å²) in [6, 6.07) is 0. The highest BCUT2D eigenvalue weighted by molar-refractivity contribution is 7.87. The average Bonchev–Trinajstić information content (AvgIpc) is 2.02. The molecule has 12 heavy (non-hydrogen) atoms. The third-order valence-electron chi connectivity index (χ3n) is 1.30. The van der Waals surface area contributed by atoms with E-state index in [2.05, 4.69) is 10.8 Å². The molecule has 0 aromatic heterocycles. The number of aliphatic hydroxyl groups excluding tert-OH is 1. The Labute approximate surface area is 73.0 Å². The molecule has 0 aromatic rings. The number of hydrogen-bond acceptors (Lipinski definition) is 4. The molecular formula is C7H14O4S. The van der Waals surface area contributed by atoms with Gasteiger partial charge in [0.25, 0.3) is 10.1 Å². The van der Waals surface area contributed by atoms with Gasteiger partial charge in [-0.3, -0.25) is 4.18 Å². The molecule has 2 unspecified atom stereocenters. The largest absolute Gasteiger partial charge is 0.375 e. The quantitative estimate of drug-likeness (QED) is 0.515. The van der Waals surface area contributed by atoms with E-state index in [1.165, 1.54) is 13.0 Å². The molecule has 0 radical (unpaired) electrons. The lowest BCUT2D eigenvalue weighted by Gasteiger charge is -2.12. The zero-order valence-corrected chi connectivity index (χ0v) is 8.04. The van der Waals surface area contributed by atoms with Gasteiger partial charge in [-0.05, 0) is 13.3 Å². The Morgan fingerprint density at radius 1 is 1.67 bits per heavy atom. The molecule has 4 nitrogen and oxygen atoms in total. The third-order valence-corrected chi connectivity index (χ3v) is 2.87. The lowest BCUT2D eigenvalue weighted by Crippen LogP contribution is -2.25. The Hall–Kier alpha value is -0.390. The van der Waals surface area contributed by atoms with E-state index in [-0.39, 0.29) is 6.42 Å². The van der Waals surface area contributed by atoms with Crippen molar-refractivity contribution in [1.82, 2.24) is 0 Å². The fourth-order valence-electron chi connectivity index (χ4n) is 0.519. The van der Waals surface area contributed by atoms with Crippen LogP contribution in [0, 0.1) is 0 Å². The zero-order valence-electron chi connectivity index (χ0n) is 7.23. The summed E-state index contributed by atoms with van der Waals surface area (Å²) >= 11 is 0. The fourth-order valence-corrected chi connectivity index (χ4v) is 1.56. The molecule has 1 N–H and O–H groups in total. The Balaban J connectivity index is 4.33. The maximum absolute atomic E-state index is 11.0. The second kappa shape index (κ2) is 4.59. The van der Waals surface area contributed by atoms with E-state index in [9.17, 15) is 8.42 Å². The van der Waals surface area contributed by atoms with Gasteiger partial charge in [-0.15, -0.1) is 6.58 Å². The molecule has 0 aliphatic heterocycles. The van der Waals surface area contributed by atoms with Gasteiger partial charge < -0.3 is 5.11 Å². The summed E-state index contributed by atoms with van der Waals surface area (Å²) in [5, 5.41) is 8.98. The summed E-state index contributed by atoms with van der Waals surface area (Å²) in [7, 11) is -3.84. The van der Waals surface area contributed by atoms with Crippen molar-refractivity contribution in [3.8, 4) is 0 Å². The van der Waals surface area contributed by atoms with E-state index in [4.69, 9.17) is 5.11 Å². The highest BCUT2D eigenvalue weighted by atomic mass is 32.2. The Morgan fingerprint density at radius 3 is 2.50 bits per heavy atom. The van der Waals surface area contributed by atoms with Crippen LogP contribution < -0.4 is 0 Å². The number of hydrogen-bond donors (Lipinski definition) is 1. The molecule has 0 heterocycles. The first kappa shape index (κ1) is 11.6. The third kappa shape index (κ3) is 3.34. The molecule has 0 spiro atoms. The van der Waals surface area contributed by atoms with Crippen LogP contribution in [0.5, 0.6) is 0 Å². The molecular weight excluding hydrogens is 180 g/mol. The second-order valence-corrected chi connectivity index (χ2v) is 4.11. The summed E-state index contributed by atoms with van der Waals surface area (Å²) in [6.07, 6.45) is 0.864. The maximum atomic E-state index is 11.0. The summed E-state index contributed by atoms with van der Waals surface area (Å²) in [5.41, 5.74) is -1.44. The van der Waals surface area contributed by atoms with E-state index >= 15 is 0 Å². The molecule has 0 saturated heterocycles. The molecule has 2 atom stereocenters. The minimum absolute atomic E-state index is 0.117. The zero-order chi connectivity index (χ0) is 9.78. The Morgan fingerprint density at radius 2 is 2.17 bits per heavy atom. The van der Waals surface area contributed by atoms with Gasteiger partial charge in [-0.2, -0.15) is 8.42 Å². The molecule has 0 fully saturated rings. The van der Waals surface area contributed by atoms with Crippen LogP contribution in [-0.4, -0.2) is 25.1 Å². The van der Waals surface area contributed by atoms with Crippen molar-refractivity contribution in [3.05, 3.63) is 12.7 Å². The van der Waals surface area contributed by atoms with E-state index in [1.807, 2.05) is 0 Å². The van der Waals surface area contributed by atoms with Crippen LogP contribution in [-0.2, 0) is 14.3 Å². The number of rotatable bonds is 5. The van der Waals surface area contributed by atoms with Gasteiger partial charge in [-0.1, -0.05) is 13.0 Å². The molecule has 0 bridgehead atoms. The van der Waals surface area contributed by atoms with Crippen LogP contribution in [0.3, 0.4) is 0 Å². The van der Waals surface area contributed by atoms with Crippen LogP contribution in [0.25, 0.3) is 0 Å². The topological polar surface area (TPSA) is 63.6 Å². The van der Waals surface area contributed by atoms with Gasteiger partial charge in [0.05, 0.1) is 6.10 Å². The second-order valence-electron chi connectivity index (χ2n) is 2.39. The summed E-state index contributed by atoms with van der Waals surface area (Å²) in [6.45, 7) is 6.45. The lowest BCUT2D eigenvalue weighted by molar-refractivity contribution is 0.196. The summed E-state index contributed by atoms with van der Waals surface area (Å²) in [5.74, 6) is 0. The maximum Gasteiger partial charge on any atom is 0.294 e. The molecule has 0 aliphatic carbocycles. The summed E-state index contributed by atoms with van der Waals surface area (Å²) < 4.78 is 26.6. The van der Waals surface area contributed by atoms with Crippen molar-refractivity contribution < 1.29 is 17.7 Å². The van der Waals surface area contributed by atoms with E-state index in [0.29, 0.717) is 0 Å². The highest BCUT2D eigenvalue weighted by Gasteiger charge is 2.23. The van der Waals surface area contributed by atoms with Crippen molar-refractivity contribution in [1.29, 1.82) is 0 Å². The monoisotopic (exact) mass is 194 g/mol. The van der Waals surface area contributed by atoms with Gasteiger partial charge >= 0.3 is 0 Å². The molecule has 0 saturated carbocycles. The minimum Gasteiger partial charge on any atom is -0.375 e. The molecule has 0 aromatic carbocycles. The molecule has 72 valence electrons. The van der Waals surface area contributed by atoms with E-state index in [1.54, 1.807) is 6.92 Å². The van der Waals surface area contributed by atoms with Crippen LogP contribution in [0.1, 0.15) is 20.3 Å². The van der Waals surface area contributed by atoms with Gasteiger partial charge in [-0.25, -0.2) is 0 Å². The smallest absolute Gasteiger partial charge is 0.294 e. The van der Waals surface area contributed by atoms with E-state index < -0.39 is 21.7 Å². The van der Waals surface area contributed by atoms with Crippen molar-refractivity contribution in [3.63, 3.8) is 0 Å². The molecule has 0 rings (SSSR count). The molecule has 0 amide bonds. The minimum atomic E-state index is -3.84. The SMILES string of the molecule is C=CC(C)OS(=O)(=O)C(O)CC. The van der Waals surface area contributed by atoms with E-state index in [0.717, 1.165) is 0 Å². The number of aliphatic hydroxyl groups is 1. The predicted molar refractivity (Wildman–Crippen MR) is 46.0 cm³/mol. The first-order chi connectivity index (χ1) is 5.44. The van der Waals surface area contributed by atoms with Gasteiger partial charge in [0.15, 0.2) is 5.44 Å². The van der Waals surface area contributed by atoms with Gasteiger partial charge in [0.2, 0.25) is 0 Å². The van der Waals surface area contributed by atoms with Crippen LogP contribution in [0.2, 0.25) is 0 Å². The Bertz CT molecular complexity index is 232. The predicted octanol–water partition coefficient (Wildman–Crippen LogP) is 0.636. The van der Waals surface area contributed by atoms with Crippen LogP contribution in [0.15, 0.2) is 12.7 Å². The summed E-state index contributed by atoms with van der Waals surface area (Å²) in [4.78, 5) is 0. The van der Waals surface area contributed by atoms with Crippen molar-refractivity contribution in [2.24, 2.45) is 0 Å². The van der Waals surface area contributed by atoms with Gasteiger partial charge in [0, 0.05) is 0 Å². The first-order valence-corrected chi connectivity index (χ1v) is 5.14. The van der Waals surface area contributed by atoms with Crippen molar-refractivity contribution in [2.75, 3.05) is 0 Å². The highest BCUT2D eigenvalue weighted by Crippen LogP contribution is 2.08. The normalized spacial score (nSPS) is 16.9. The van der Waals surface area contributed by atoms with Crippen LogP contribution in [0.4, 0.5) is 0 Å².